The van der Waals surface area contributed by atoms with Crippen LogP contribution in [0.25, 0.3) is 0 Å². The number of amides is 2. The number of likely N-dealkylation sites (N-methyl/N-ethyl adjacent to an activating group) is 1. The van der Waals surface area contributed by atoms with Gasteiger partial charge in [-0.25, -0.2) is 0 Å². The van der Waals surface area contributed by atoms with Crippen molar-refractivity contribution in [2.24, 2.45) is 0 Å². The first-order chi connectivity index (χ1) is 9.16. The molecule has 0 aromatic rings. The Balaban J connectivity index is 1.94. The highest BCUT2D eigenvalue weighted by atomic mass is 16.2. The van der Waals surface area contributed by atoms with Gasteiger partial charge in [0.15, 0.2) is 0 Å². The molecule has 0 aromatic heterocycles. The second-order valence-electron chi connectivity index (χ2n) is 5.48. The molecule has 4 heteroatoms. The molecule has 1 N–H and O–H groups in total. The van der Waals surface area contributed by atoms with E-state index in [1.807, 2.05) is 0 Å². The van der Waals surface area contributed by atoms with Crippen molar-refractivity contribution in [1.82, 2.24) is 10.2 Å². The van der Waals surface area contributed by atoms with Crippen LogP contribution in [0.3, 0.4) is 0 Å². The maximum Gasteiger partial charge on any atom is 0.246 e. The molecule has 1 heterocycles. The van der Waals surface area contributed by atoms with Crippen LogP contribution in [0.4, 0.5) is 0 Å². The van der Waals surface area contributed by atoms with Gasteiger partial charge in [0.1, 0.15) is 0 Å². The monoisotopic (exact) mass is 268 g/mol. The Hall–Kier alpha value is -0.900. The van der Waals surface area contributed by atoms with Crippen molar-refractivity contribution < 1.29 is 9.59 Å². The number of nitrogens with one attached hydrogen (secondary N) is 1. The van der Waals surface area contributed by atoms with Gasteiger partial charge in [0, 0.05) is 7.05 Å². The van der Waals surface area contributed by atoms with Gasteiger partial charge in [0.2, 0.25) is 11.8 Å². The fraction of sp³-hybridized carbons (Fsp3) is 0.867. The first-order valence-electron chi connectivity index (χ1n) is 7.70. The summed E-state index contributed by atoms with van der Waals surface area (Å²) in [7, 11) is 1.56. The van der Waals surface area contributed by atoms with Crippen molar-refractivity contribution in [2.75, 3.05) is 13.6 Å². The maximum atomic E-state index is 11.6. The summed E-state index contributed by atoms with van der Waals surface area (Å²) in [6.45, 7) is 3.07. The van der Waals surface area contributed by atoms with E-state index in [9.17, 15) is 9.59 Å². The van der Waals surface area contributed by atoms with Crippen LogP contribution >= 0.6 is 0 Å². The molecule has 2 amide bonds. The van der Waals surface area contributed by atoms with Crippen LogP contribution in [-0.4, -0.2) is 36.3 Å². The van der Waals surface area contributed by atoms with Gasteiger partial charge in [0.05, 0.1) is 12.5 Å². The Morgan fingerprint density at radius 1 is 1.05 bits per heavy atom. The molecule has 4 nitrogen and oxygen atoms in total. The van der Waals surface area contributed by atoms with E-state index >= 15 is 0 Å². The SMILES string of the molecule is CCCCCCCCCCNC1CC(=O)N(C)C1=O. The fourth-order valence-electron chi connectivity index (χ4n) is 2.45. The third kappa shape index (κ3) is 5.72. The zero-order chi connectivity index (χ0) is 14.1. The summed E-state index contributed by atoms with van der Waals surface area (Å²) in [4.78, 5) is 24.2. The summed E-state index contributed by atoms with van der Waals surface area (Å²) in [5, 5.41) is 3.19. The molecule has 0 radical (unpaired) electrons. The Bertz CT molecular complexity index is 292. The van der Waals surface area contributed by atoms with Crippen molar-refractivity contribution >= 4 is 11.8 Å². The third-order valence-electron chi connectivity index (χ3n) is 3.80. The number of hydrogen-bond acceptors (Lipinski definition) is 3. The van der Waals surface area contributed by atoms with Crippen LogP contribution in [0, 0.1) is 0 Å². The van der Waals surface area contributed by atoms with Gasteiger partial charge < -0.3 is 5.32 Å². The van der Waals surface area contributed by atoms with Gasteiger partial charge in [-0.15, -0.1) is 0 Å². The lowest BCUT2D eigenvalue weighted by Crippen LogP contribution is -2.37. The van der Waals surface area contributed by atoms with E-state index in [0.29, 0.717) is 6.42 Å². The highest BCUT2D eigenvalue weighted by Gasteiger charge is 2.35. The van der Waals surface area contributed by atoms with Gasteiger partial charge in [0.25, 0.3) is 0 Å². The molecule has 1 atom stereocenters. The topological polar surface area (TPSA) is 49.4 Å². The van der Waals surface area contributed by atoms with Crippen LogP contribution in [0.15, 0.2) is 0 Å². The number of nitrogens with zero attached hydrogens (tertiary/aromatic N) is 1. The van der Waals surface area contributed by atoms with E-state index in [1.165, 1.54) is 49.8 Å². The molecule has 1 rings (SSSR count). The minimum absolute atomic E-state index is 0.0709. The van der Waals surface area contributed by atoms with Crippen LogP contribution in [-0.2, 0) is 9.59 Å². The van der Waals surface area contributed by atoms with Crippen molar-refractivity contribution in [3.8, 4) is 0 Å². The molecule has 0 spiro atoms. The lowest BCUT2D eigenvalue weighted by Gasteiger charge is -2.10. The van der Waals surface area contributed by atoms with Crippen molar-refractivity contribution in [3.05, 3.63) is 0 Å². The number of unbranched alkanes of at least 4 members (excludes halogenated alkanes) is 7. The molecule has 0 aromatic carbocycles. The van der Waals surface area contributed by atoms with Crippen LogP contribution < -0.4 is 5.32 Å². The van der Waals surface area contributed by atoms with Gasteiger partial charge in [-0.2, -0.15) is 0 Å². The second-order valence-corrected chi connectivity index (χ2v) is 5.48. The summed E-state index contributed by atoms with van der Waals surface area (Å²) in [5.74, 6) is -0.150. The summed E-state index contributed by atoms with van der Waals surface area (Å²) in [6.07, 6.45) is 10.6. The standard InChI is InChI=1S/C15H28N2O2/c1-3-4-5-6-7-8-9-10-11-16-13-12-14(18)17(2)15(13)19/h13,16H,3-12H2,1-2H3. The first-order valence-corrected chi connectivity index (χ1v) is 7.70. The summed E-state index contributed by atoms with van der Waals surface area (Å²) in [6, 6.07) is -0.276. The number of imide groups is 1. The lowest BCUT2D eigenvalue weighted by atomic mass is 10.1. The molecule has 1 saturated heterocycles. The molecule has 0 aliphatic carbocycles. The third-order valence-corrected chi connectivity index (χ3v) is 3.80. The molecule has 1 unspecified atom stereocenters. The molecule has 1 fully saturated rings. The minimum atomic E-state index is -0.276. The summed E-state index contributed by atoms with van der Waals surface area (Å²) in [5.41, 5.74) is 0. The van der Waals surface area contributed by atoms with Gasteiger partial charge in [-0.05, 0) is 13.0 Å². The van der Waals surface area contributed by atoms with Crippen LogP contribution in [0.2, 0.25) is 0 Å². The smallest absolute Gasteiger partial charge is 0.246 e. The Labute approximate surface area is 116 Å². The van der Waals surface area contributed by atoms with Crippen molar-refractivity contribution in [3.63, 3.8) is 0 Å². The molecular formula is C15H28N2O2. The van der Waals surface area contributed by atoms with Crippen LogP contribution in [0.1, 0.15) is 64.7 Å². The van der Waals surface area contributed by atoms with Crippen molar-refractivity contribution in [1.29, 1.82) is 0 Å². The van der Waals surface area contributed by atoms with Crippen molar-refractivity contribution in [2.45, 2.75) is 70.8 Å². The molecular weight excluding hydrogens is 240 g/mol. The predicted octanol–water partition coefficient (Wildman–Crippen LogP) is 2.47. The molecule has 0 bridgehead atoms. The Morgan fingerprint density at radius 3 is 2.16 bits per heavy atom. The van der Waals surface area contributed by atoms with Gasteiger partial charge >= 0.3 is 0 Å². The van der Waals surface area contributed by atoms with Gasteiger partial charge in [-0.3, -0.25) is 14.5 Å². The van der Waals surface area contributed by atoms with E-state index in [1.54, 1.807) is 7.05 Å². The largest absolute Gasteiger partial charge is 0.305 e. The molecule has 110 valence electrons. The number of carbonyl (C=O) groups excluding carboxylic acids is 2. The molecule has 0 saturated carbocycles. The van der Waals surface area contributed by atoms with E-state index in [4.69, 9.17) is 0 Å². The van der Waals surface area contributed by atoms with Crippen LogP contribution in [0.5, 0.6) is 0 Å². The summed E-state index contributed by atoms with van der Waals surface area (Å²) < 4.78 is 0. The average Bonchev–Trinajstić information content (AvgIpc) is 2.64. The second kappa shape index (κ2) is 9.08. The summed E-state index contributed by atoms with van der Waals surface area (Å²) >= 11 is 0. The first kappa shape index (κ1) is 16.2. The Morgan fingerprint density at radius 2 is 1.63 bits per heavy atom. The number of rotatable bonds is 10. The fourth-order valence-corrected chi connectivity index (χ4v) is 2.45. The van der Waals surface area contributed by atoms with E-state index in [0.717, 1.165) is 13.0 Å². The normalized spacial score (nSPS) is 19.5. The number of hydrogen-bond donors (Lipinski definition) is 1. The highest BCUT2D eigenvalue weighted by molar-refractivity contribution is 6.05. The predicted molar refractivity (Wildman–Crippen MR) is 76.8 cm³/mol. The van der Waals surface area contributed by atoms with E-state index in [2.05, 4.69) is 12.2 Å². The number of likely N-dealkylation sites (tertiary alicyclic amines) is 1. The van der Waals surface area contributed by atoms with Gasteiger partial charge in [-0.1, -0.05) is 51.9 Å². The van der Waals surface area contributed by atoms with E-state index < -0.39 is 0 Å². The Kier molecular flexibility index (Phi) is 7.72. The molecule has 19 heavy (non-hydrogen) atoms. The molecule has 1 aliphatic heterocycles. The van der Waals surface area contributed by atoms with E-state index in [-0.39, 0.29) is 17.9 Å². The zero-order valence-electron chi connectivity index (χ0n) is 12.4. The average molecular weight is 268 g/mol. The quantitative estimate of drug-likeness (QED) is 0.489. The highest BCUT2D eigenvalue weighted by Crippen LogP contribution is 2.11. The number of carbonyl (C=O) groups is 2. The molecule has 1 aliphatic rings. The zero-order valence-corrected chi connectivity index (χ0v) is 12.4. The maximum absolute atomic E-state index is 11.6. The lowest BCUT2D eigenvalue weighted by molar-refractivity contribution is -0.137. The minimum Gasteiger partial charge on any atom is -0.305 e.